The molecule has 0 amide bonds. The van der Waals surface area contributed by atoms with Gasteiger partial charge in [-0.3, -0.25) is 0 Å². The van der Waals surface area contributed by atoms with Crippen LogP contribution in [0.4, 0.5) is 8.78 Å². The normalized spacial score (nSPS) is 10.6. The lowest BCUT2D eigenvalue weighted by molar-refractivity contribution is 0.465. The third-order valence-electron chi connectivity index (χ3n) is 2.71. The maximum absolute atomic E-state index is 13.4. The van der Waals surface area contributed by atoms with Gasteiger partial charge in [-0.15, -0.1) is 0 Å². The van der Waals surface area contributed by atoms with E-state index in [1.165, 1.54) is 30.3 Å². The zero-order valence-corrected chi connectivity index (χ0v) is 11.7. The highest BCUT2D eigenvalue weighted by molar-refractivity contribution is 6.30. The van der Waals surface area contributed by atoms with E-state index in [9.17, 15) is 8.78 Å². The van der Waals surface area contributed by atoms with Crippen molar-refractivity contribution in [2.45, 2.75) is 13.5 Å². The van der Waals surface area contributed by atoms with E-state index in [2.05, 4.69) is 5.32 Å². The highest BCUT2D eigenvalue weighted by Gasteiger charge is 2.08. The molecule has 2 rings (SSSR count). The Balaban J connectivity index is 2.25. The zero-order chi connectivity index (χ0) is 14.5. The van der Waals surface area contributed by atoms with Crippen LogP contribution >= 0.6 is 11.6 Å². The molecule has 0 saturated carbocycles. The molecule has 0 aliphatic rings. The molecular formula is C15H14ClF2NO. The molecule has 2 aromatic carbocycles. The second-order valence-corrected chi connectivity index (χ2v) is 4.62. The van der Waals surface area contributed by atoms with Gasteiger partial charge in [-0.05, 0) is 36.9 Å². The average Bonchev–Trinajstić information content (AvgIpc) is 2.43. The molecule has 20 heavy (non-hydrogen) atoms. The third-order valence-corrected chi connectivity index (χ3v) is 3.01. The van der Waals surface area contributed by atoms with Crippen LogP contribution in [0.15, 0.2) is 36.4 Å². The number of hydrogen-bond acceptors (Lipinski definition) is 2. The molecule has 0 aliphatic carbocycles. The minimum absolute atomic E-state index is 0.0318. The Kier molecular flexibility index (Phi) is 4.93. The largest absolute Gasteiger partial charge is 0.457 e. The van der Waals surface area contributed by atoms with Crippen molar-refractivity contribution in [1.82, 2.24) is 5.32 Å². The van der Waals surface area contributed by atoms with Crippen molar-refractivity contribution in [3.63, 3.8) is 0 Å². The van der Waals surface area contributed by atoms with Gasteiger partial charge < -0.3 is 10.1 Å². The van der Waals surface area contributed by atoms with Gasteiger partial charge in [0.25, 0.3) is 0 Å². The Morgan fingerprint density at radius 3 is 2.65 bits per heavy atom. The lowest BCUT2D eigenvalue weighted by Gasteiger charge is -2.12. The van der Waals surface area contributed by atoms with Crippen molar-refractivity contribution in [3.8, 4) is 11.5 Å². The minimum atomic E-state index is -0.556. The highest BCUT2D eigenvalue weighted by atomic mass is 35.5. The lowest BCUT2D eigenvalue weighted by Crippen LogP contribution is -2.12. The number of ether oxygens (including phenoxy) is 1. The van der Waals surface area contributed by atoms with Crippen molar-refractivity contribution in [2.75, 3.05) is 6.54 Å². The first kappa shape index (κ1) is 14.8. The zero-order valence-electron chi connectivity index (χ0n) is 10.9. The van der Waals surface area contributed by atoms with E-state index < -0.39 is 5.82 Å². The number of benzene rings is 2. The SMILES string of the molecule is CCNCc1cc(F)ccc1Oc1ccc(Cl)c(F)c1. The van der Waals surface area contributed by atoms with Crippen molar-refractivity contribution in [1.29, 1.82) is 0 Å². The Labute approximate surface area is 121 Å². The maximum atomic E-state index is 13.4. The quantitative estimate of drug-likeness (QED) is 0.876. The van der Waals surface area contributed by atoms with Crippen LogP contribution in [-0.2, 0) is 6.54 Å². The Morgan fingerprint density at radius 2 is 1.95 bits per heavy atom. The summed E-state index contributed by atoms with van der Waals surface area (Å²) >= 11 is 5.61. The van der Waals surface area contributed by atoms with Gasteiger partial charge in [-0.1, -0.05) is 18.5 Å². The average molecular weight is 298 g/mol. The Morgan fingerprint density at radius 1 is 1.15 bits per heavy atom. The van der Waals surface area contributed by atoms with Crippen LogP contribution in [0.3, 0.4) is 0 Å². The molecule has 0 atom stereocenters. The topological polar surface area (TPSA) is 21.3 Å². The molecule has 106 valence electrons. The van der Waals surface area contributed by atoms with E-state index in [1.807, 2.05) is 6.92 Å². The van der Waals surface area contributed by atoms with Crippen LogP contribution in [0.2, 0.25) is 5.02 Å². The molecule has 0 heterocycles. The van der Waals surface area contributed by atoms with E-state index >= 15 is 0 Å². The van der Waals surface area contributed by atoms with E-state index in [1.54, 1.807) is 6.07 Å². The molecule has 5 heteroatoms. The summed E-state index contributed by atoms with van der Waals surface area (Å²) in [5, 5.41) is 3.13. The molecular weight excluding hydrogens is 284 g/mol. The van der Waals surface area contributed by atoms with Crippen LogP contribution in [0.25, 0.3) is 0 Å². The standard InChI is InChI=1S/C15H14ClF2NO/c1-2-19-9-10-7-11(17)3-6-15(10)20-12-4-5-13(16)14(18)8-12/h3-8,19H,2,9H2,1H3. The van der Waals surface area contributed by atoms with Gasteiger partial charge >= 0.3 is 0 Å². The van der Waals surface area contributed by atoms with Crippen LogP contribution < -0.4 is 10.1 Å². The van der Waals surface area contributed by atoms with Gasteiger partial charge in [0.2, 0.25) is 0 Å². The molecule has 0 unspecified atom stereocenters. The first-order chi connectivity index (χ1) is 9.60. The summed E-state index contributed by atoms with van der Waals surface area (Å²) in [6.45, 7) is 3.18. The molecule has 0 radical (unpaired) electrons. The van der Waals surface area contributed by atoms with E-state index in [0.29, 0.717) is 23.6 Å². The minimum Gasteiger partial charge on any atom is -0.457 e. The van der Waals surface area contributed by atoms with Gasteiger partial charge in [0, 0.05) is 18.2 Å². The van der Waals surface area contributed by atoms with Crippen LogP contribution in [-0.4, -0.2) is 6.54 Å². The summed E-state index contributed by atoms with van der Waals surface area (Å²) in [5.74, 6) is -0.0996. The van der Waals surface area contributed by atoms with Gasteiger partial charge in [-0.25, -0.2) is 8.78 Å². The molecule has 1 N–H and O–H groups in total. The number of rotatable bonds is 5. The Hall–Kier alpha value is -1.65. The number of nitrogens with one attached hydrogen (secondary N) is 1. The van der Waals surface area contributed by atoms with Crippen molar-refractivity contribution in [2.24, 2.45) is 0 Å². The molecule has 0 bridgehead atoms. The summed E-state index contributed by atoms with van der Waals surface area (Å²) in [4.78, 5) is 0. The molecule has 0 fully saturated rings. The van der Waals surface area contributed by atoms with Crippen LogP contribution in [0.5, 0.6) is 11.5 Å². The second kappa shape index (κ2) is 6.68. The molecule has 2 aromatic rings. The second-order valence-electron chi connectivity index (χ2n) is 4.21. The summed E-state index contributed by atoms with van der Waals surface area (Å²) in [7, 11) is 0. The first-order valence-corrected chi connectivity index (χ1v) is 6.60. The first-order valence-electron chi connectivity index (χ1n) is 6.22. The van der Waals surface area contributed by atoms with Crippen LogP contribution in [0.1, 0.15) is 12.5 Å². The van der Waals surface area contributed by atoms with Gasteiger partial charge in [0.05, 0.1) is 5.02 Å². The molecule has 0 aromatic heterocycles. The fourth-order valence-electron chi connectivity index (χ4n) is 1.71. The molecule has 0 spiro atoms. The van der Waals surface area contributed by atoms with Crippen molar-refractivity contribution >= 4 is 11.6 Å². The molecule has 0 aliphatic heterocycles. The van der Waals surface area contributed by atoms with Gasteiger partial charge in [0.15, 0.2) is 0 Å². The van der Waals surface area contributed by atoms with E-state index in [-0.39, 0.29) is 10.8 Å². The smallest absolute Gasteiger partial charge is 0.145 e. The van der Waals surface area contributed by atoms with Crippen molar-refractivity contribution in [3.05, 3.63) is 58.6 Å². The van der Waals surface area contributed by atoms with Crippen molar-refractivity contribution < 1.29 is 13.5 Å². The highest BCUT2D eigenvalue weighted by Crippen LogP contribution is 2.28. The summed E-state index contributed by atoms with van der Waals surface area (Å²) in [6.07, 6.45) is 0. The van der Waals surface area contributed by atoms with Gasteiger partial charge in [-0.2, -0.15) is 0 Å². The lowest BCUT2D eigenvalue weighted by atomic mass is 10.2. The fourth-order valence-corrected chi connectivity index (χ4v) is 1.83. The number of hydrogen-bond donors (Lipinski definition) is 1. The third kappa shape index (κ3) is 3.68. The predicted octanol–water partition coefficient (Wildman–Crippen LogP) is 4.52. The summed E-state index contributed by atoms with van der Waals surface area (Å²) in [5.41, 5.74) is 0.669. The Bertz CT molecular complexity index is 604. The predicted molar refractivity (Wildman–Crippen MR) is 75.3 cm³/mol. The van der Waals surface area contributed by atoms with Crippen LogP contribution in [0, 0.1) is 11.6 Å². The maximum Gasteiger partial charge on any atom is 0.145 e. The van der Waals surface area contributed by atoms with E-state index in [0.717, 1.165) is 6.54 Å². The fraction of sp³-hybridized carbons (Fsp3) is 0.200. The van der Waals surface area contributed by atoms with E-state index in [4.69, 9.17) is 16.3 Å². The summed E-state index contributed by atoms with van der Waals surface area (Å²) in [6, 6.07) is 8.39. The monoisotopic (exact) mass is 297 g/mol. The number of halogens is 3. The summed E-state index contributed by atoms with van der Waals surface area (Å²) < 4.78 is 32.2. The molecule has 0 saturated heterocycles. The van der Waals surface area contributed by atoms with Gasteiger partial charge in [0.1, 0.15) is 23.1 Å². The molecule has 2 nitrogen and oxygen atoms in total.